The molecule has 1 N–H and O–H groups in total. The van der Waals surface area contributed by atoms with Gasteiger partial charge in [0.2, 0.25) is 5.91 Å². The molecule has 3 nitrogen and oxygen atoms in total. The van der Waals surface area contributed by atoms with Gasteiger partial charge in [-0.2, -0.15) is 0 Å². The SMILES string of the molecule is CCN(CC)c1ccc(CNC(=O)Cc2cccc(Br)c2)cc1. The number of anilines is 1. The molecule has 0 saturated carbocycles. The molecule has 0 aromatic heterocycles. The van der Waals surface area contributed by atoms with Crippen LogP contribution in [-0.2, 0) is 17.8 Å². The Morgan fingerprint density at radius 3 is 2.35 bits per heavy atom. The fourth-order valence-electron chi connectivity index (χ4n) is 2.51. The number of nitrogens with one attached hydrogen (secondary N) is 1. The number of carbonyl (C=O) groups is 1. The Labute approximate surface area is 146 Å². The van der Waals surface area contributed by atoms with E-state index in [1.807, 2.05) is 24.3 Å². The third-order valence-corrected chi connectivity index (χ3v) is 4.30. The number of carbonyl (C=O) groups excluding carboxylic acids is 1. The van der Waals surface area contributed by atoms with Crippen molar-refractivity contribution in [2.75, 3.05) is 18.0 Å². The molecule has 0 atom stereocenters. The minimum Gasteiger partial charge on any atom is -0.372 e. The van der Waals surface area contributed by atoms with Crippen LogP contribution in [0.5, 0.6) is 0 Å². The molecule has 0 radical (unpaired) electrons. The van der Waals surface area contributed by atoms with Crippen LogP contribution in [0.2, 0.25) is 0 Å². The maximum atomic E-state index is 12.0. The van der Waals surface area contributed by atoms with Gasteiger partial charge in [-0.25, -0.2) is 0 Å². The highest BCUT2D eigenvalue weighted by Gasteiger charge is 2.05. The van der Waals surface area contributed by atoms with Crippen LogP contribution in [0.15, 0.2) is 53.0 Å². The van der Waals surface area contributed by atoms with Crippen molar-refractivity contribution in [2.45, 2.75) is 26.8 Å². The second-order valence-electron chi connectivity index (χ2n) is 5.42. The molecule has 0 fully saturated rings. The predicted octanol–water partition coefficient (Wildman–Crippen LogP) is 4.15. The molecule has 0 aliphatic heterocycles. The minimum absolute atomic E-state index is 0.0379. The molecule has 0 saturated heterocycles. The number of benzene rings is 2. The molecular formula is C19H23BrN2O. The molecule has 2 aromatic carbocycles. The van der Waals surface area contributed by atoms with Crippen molar-refractivity contribution in [2.24, 2.45) is 0 Å². The summed E-state index contributed by atoms with van der Waals surface area (Å²) in [4.78, 5) is 14.3. The Morgan fingerprint density at radius 1 is 1.04 bits per heavy atom. The van der Waals surface area contributed by atoms with Gasteiger partial charge in [-0.1, -0.05) is 40.2 Å². The van der Waals surface area contributed by atoms with E-state index in [0.29, 0.717) is 13.0 Å². The van der Waals surface area contributed by atoms with Gasteiger partial charge in [0.15, 0.2) is 0 Å². The Morgan fingerprint density at radius 2 is 1.74 bits per heavy atom. The van der Waals surface area contributed by atoms with Gasteiger partial charge in [0.05, 0.1) is 6.42 Å². The smallest absolute Gasteiger partial charge is 0.224 e. The van der Waals surface area contributed by atoms with Gasteiger partial charge in [-0.05, 0) is 49.2 Å². The van der Waals surface area contributed by atoms with Crippen LogP contribution >= 0.6 is 15.9 Å². The minimum atomic E-state index is 0.0379. The first-order valence-electron chi connectivity index (χ1n) is 7.97. The molecule has 0 heterocycles. The number of amides is 1. The number of rotatable bonds is 7. The van der Waals surface area contributed by atoms with E-state index in [2.05, 4.69) is 64.3 Å². The van der Waals surface area contributed by atoms with E-state index in [-0.39, 0.29) is 5.91 Å². The zero-order chi connectivity index (χ0) is 16.7. The van der Waals surface area contributed by atoms with Crippen molar-refractivity contribution in [1.29, 1.82) is 0 Å². The van der Waals surface area contributed by atoms with Gasteiger partial charge >= 0.3 is 0 Å². The lowest BCUT2D eigenvalue weighted by Crippen LogP contribution is -2.25. The van der Waals surface area contributed by atoms with Crippen molar-refractivity contribution >= 4 is 27.5 Å². The summed E-state index contributed by atoms with van der Waals surface area (Å²) >= 11 is 3.42. The summed E-state index contributed by atoms with van der Waals surface area (Å²) in [6.07, 6.45) is 0.400. The van der Waals surface area contributed by atoms with Gasteiger partial charge in [0.1, 0.15) is 0 Å². The lowest BCUT2D eigenvalue weighted by atomic mass is 10.1. The Kier molecular flexibility index (Phi) is 6.66. The van der Waals surface area contributed by atoms with E-state index in [9.17, 15) is 4.79 Å². The second-order valence-corrected chi connectivity index (χ2v) is 6.34. The van der Waals surface area contributed by atoms with Crippen molar-refractivity contribution < 1.29 is 4.79 Å². The molecule has 2 rings (SSSR count). The number of nitrogens with zero attached hydrogens (tertiary/aromatic N) is 1. The van der Waals surface area contributed by atoms with Crippen LogP contribution in [0.3, 0.4) is 0 Å². The van der Waals surface area contributed by atoms with Crippen LogP contribution < -0.4 is 10.2 Å². The average molecular weight is 375 g/mol. The van der Waals surface area contributed by atoms with E-state index < -0.39 is 0 Å². The normalized spacial score (nSPS) is 10.4. The zero-order valence-electron chi connectivity index (χ0n) is 13.7. The summed E-state index contributed by atoms with van der Waals surface area (Å²) in [6.45, 7) is 6.86. The summed E-state index contributed by atoms with van der Waals surface area (Å²) in [6, 6.07) is 16.2. The molecule has 1 amide bonds. The molecule has 2 aromatic rings. The molecule has 23 heavy (non-hydrogen) atoms. The number of hydrogen-bond acceptors (Lipinski definition) is 2. The van der Waals surface area contributed by atoms with Gasteiger partial charge in [-0.15, -0.1) is 0 Å². The van der Waals surface area contributed by atoms with Crippen LogP contribution in [0.4, 0.5) is 5.69 Å². The summed E-state index contributed by atoms with van der Waals surface area (Å²) in [5.41, 5.74) is 3.34. The van der Waals surface area contributed by atoms with E-state index in [4.69, 9.17) is 0 Å². The maximum Gasteiger partial charge on any atom is 0.224 e. The largest absolute Gasteiger partial charge is 0.372 e. The fraction of sp³-hybridized carbons (Fsp3) is 0.316. The first-order valence-corrected chi connectivity index (χ1v) is 8.76. The number of halogens is 1. The van der Waals surface area contributed by atoms with Crippen molar-refractivity contribution in [3.8, 4) is 0 Å². The Balaban J connectivity index is 1.86. The van der Waals surface area contributed by atoms with Gasteiger partial charge in [0, 0.05) is 29.8 Å². The average Bonchev–Trinajstić information content (AvgIpc) is 2.55. The third-order valence-electron chi connectivity index (χ3n) is 3.81. The fourth-order valence-corrected chi connectivity index (χ4v) is 2.96. The van der Waals surface area contributed by atoms with E-state index >= 15 is 0 Å². The highest BCUT2D eigenvalue weighted by atomic mass is 79.9. The topological polar surface area (TPSA) is 32.3 Å². The highest BCUT2D eigenvalue weighted by Crippen LogP contribution is 2.15. The molecular weight excluding hydrogens is 352 g/mol. The first kappa shape index (κ1) is 17.5. The molecule has 122 valence electrons. The van der Waals surface area contributed by atoms with Gasteiger partial charge < -0.3 is 10.2 Å². The van der Waals surface area contributed by atoms with Crippen molar-refractivity contribution in [1.82, 2.24) is 5.32 Å². The first-order chi connectivity index (χ1) is 11.1. The molecule has 0 bridgehead atoms. The predicted molar refractivity (Wildman–Crippen MR) is 99.7 cm³/mol. The Bertz CT molecular complexity index is 636. The van der Waals surface area contributed by atoms with Crippen LogP contribution in [0, 0.1) is 0 Å². The summed E-state index contributed by atoms with van der Waals surface area (Å²) in [5.74, 6) is 0.0379. The molecule has 0 aliphatic rings. The second kappa shape index (κ2) is 8.73. The van der Waals surface area contributed by atoms with Crippen LogP contribution in [0.25, 0.3) is 0 Å². The van der Waals surface area contributed by atoms with E-state index in [1.54, 1.807) is 0 Å². The third kappa shape index (κ3) is 5.39. The van der Waals surface area contributed by atoms with E-state index in [0.717, 1.165) is 28.7 Å². The van der Waals surface area contributed by atoms with Crippen LogP contribution in [0.1, 0.15) is 25.0 Å². The standard InChI is InChI=1S/C19H23BrN2O/c1-3-22(4-2)18-10-8-15(9-11-18)14-21-19(23)13-16-6-5-7-17(20)12-16/h5-12H,3-4,13-14H2,1-2H3,(H,21,23). The monoisotopic (exact) mass is 374 g/mol. The maximum absolute atomic E-state index is 12.0. The van der Waals surface area contributed by atoms with Gasteiger partial charge in [-0.3, -0.25) is 4.79 Å². The Hall–Kier alpha value is -1.81. The van der Waals surface area contributed by atoms with Crippen molar-refractivity contribution in [3.63, 3.8) is 0 Å². The number of hydrogen-bond donors (Lipinski definition) is 1. The lowest BCUT2D eigenvalue weighted by molar-refractivity contribution is -0.120. The summed E-state index contributed by atoms with van der Waals surface area (Å²) < 4.78 is 0.995. The molecule has 0 spiro atoms. The van der Waals surface area contributed by atoms with Crippen molar-refractivity contribution in [3.05, 3.63) is 64.1 Å². The van der Waals surface area contributed by atoms with E-state index in [1.165, 1.54) is 5.69 Å². The quantitative estimate of drug-likeness (QED) is 0.789. The lowest BCUT2D eigenvalue weighted by Gasteiger charge is -2.21. The van der Waals surface area contributed by atoms with Crippen LogP contribution in [-0.4, -0.2) is 19.0 Å². The highest BCUT2D eigenvalue weighted by molar-refractivity contribution is 9.10. The van der Waals surface area contributed by atoms with Gasteiger partial charge in [0.25, 0.3) is 0 Å². The molecule has 0 aliphatic carbocycles. The molecule has 0 unspecified atom stereocenters. The zero-order valence-corrected chi connectivity index (χ0v) is 15.3. The summed E-state index contributed by atoms with van der Waals surface area (Å²) in [5, 5.41) is 2.98. The molecule has 4 heteroatoms. The summed E-state index contributed by atoms with van der Waals surface area (Å²) in [7, 11) is 0.